The van der Waals surface area contributed by atoms with Gasteiger partial charge in [-0.15, -0.1) is 0 Å². The van der Waals surface area contributed by atoms with Crippen LogP contribution in [-0.2, 0) is 0 Å². The summed E-state index contributed by atoms with van der Waals surface area (Å²) in [4.78, 5) is 20.2. The first-order valence-corrected chi connectivity index (χ1v) is 11.1. The standard InChI is InChI=1S/C30H20N2O2/c33-29-25-26(28(32-29)24-17-13-22(14-18-24)20-9-5-2-6-10-20)30(34)31-27(25)23-15-11-21(12-16-23)19-7-3-1-4-8-19/h1-18,31,34H. The van der Waals surface area contributed by atoms with E-state index in [2.05, 4.69) is 34.2 Å². The zero-order valence-corrected chi connectivity index (χ0v) is 18.2. The number of aromatic hydroxyl groups is 1. The Morgan fingerprint density at radius 3 is 1.50 bits per heavy atom. The number of fused-ring (bicyclic) bond motifs is 1. The van der Waals surface area contributed by atoms with Gasteiger partial charge in [0.15, 0.2) is 5.88 Å². The Labute approximate surface area is 196 Å². The molecule has 1 aromatic heterocycles. The van der Waals surface area contributed by atoms with E-state index in [1.165, 1.54) is 0 Å². The number of carbonyl (C=O) groups is 1. The van der Waals surface area contributed by atoms with Crippen LogP contribution in [0.5, 0.6) is 5.88 Å². The number of nitrogens with zero attached hydrogens (tertiary/aromatic N) is 1. The van der Waals surface area contributed by atoms with Gasteiger partial charge in [-0.25, -0.2) is 4.99 Å². The lowest BCUT2D eigenvalue weighted by Crippen LogP contribution is -1.99. The van der Waals surface area contributed by atoms with Gasteiger partial charge in [0.1, 0.15) is 0 Å². The maximum atomic E-state index is 12.9. The average molecular weight is 441 g/mol. The Morgan fingerprint density at radius 1 is 0.529 bits per heavy atom. The van der Waals surface area contributed by atoms with Crippen molar-refractivity contribution in [1.29, 1.82) is 0 Å². The summed E-state index contributed by atoms with van der Waals surface area (Å²) in [6.07, 6.45) is 0. The molecule has 0 spiro atoms. The number of aliphatic imine (C=N–C) groups is 1. The van der Waals surface area contributed by atoms with Crippen LogP contribution in [0.4, 0.5) is 0 Å². The number of aromatic amines is 1. The Kier molecular flexibility index (Phi) is 4.70. The van der Waals surface area contributed by atoms with E-state index >= 15 is 0 Å². The molecule has 0 fully saturated rings. The second-order valence-corrected chi connectivity index (χ2v) is 8.25. The van der Waals surface area contributed by atoms with Gasteiger partial charge >= 0.3 is 0 Å². The van der Waals surface area contributed by atoms with Gasteiger partial charge in [-0.05, 0) is 27.8 Å². The van der Waals surface area contributed by atoms with E-state index in [9.17, 15) is 9.90 Å². The minimum absolute atomic E-state index is 0.0473. The van der Waals surface area contributed by atoms with Crippen molar-refractivity contribution < 1.29 is 9.90 Å². The number of H-pyrrole nitrogens is 1. The first-order chi connectivity index (χ1) is 16.7. The third-order valence-corrected chi connectivity index (χ3v) is 6.19. The summed E-state index contributed by atoms with van der Waals surface area (Å²) in [5.74, 6) is -0.398. The van der Waals surface area contributed by atoms with E-state index < -0.39 is 0 Å². The molecule has 0 saturated heterocycles. The van der Waals surface area contributed by atoms with Crippen molar-refractivity contribution >= 4 is 11.6 Å². The normalized spacial score (nSPS) is 12.5. The Balaban J connectivity index is 1.35. The molecule has 0 radical (unpaired) electrons. The fraction of sp³-hybridized carbons (Fsp3) is 0. The number of amides is 1. The molecular formula is C30H20N2O2. The SMILES string of the molecule is O=C1N=C(c2ccc(-c3ccccc3)cc2)c2c(O)[nH]c(-c3ccc(-c4ccccc4)cc3)c21. The molecule has 5 aromatic rings. The molecule has 1 aliphatic heterocycles. The molecule has 0 aliphatic carbocycles. The van der Waals surface area contributed by atoms with E-state index in [0.29, 0.717) is 22.5 Å². The molecule has 0 unspecified atom stereocenters. The fourth-order valence-electron chi connectivity index (χ4n) is 4.48. The van der Waals surface area contributed by atoms with Crippen LogP contribution in [0.1, 0.15) is 21.5 Å². The first kappa shape index (κ1) is 19.9. The van der Waals surface area contributed by atoms with Crippen LogP contribution in [-0.4, -0.2) is 21.7 Å². The number of carbonyl (C=O) groups excluding carboxylic acids is 1. The number of hydrogen-bond acceptors (Lipinski definition) is 2. The van der Waals surface area contributed by atoms with E-state index in [-0.39, 0.29) is 11.8 Å². The molecule has 1 amide bonds. The van der Waals surface area contributed by atoms with Crippen LogP contribution in [0.2, 0.25) is 0 Å². The molecule has 2 N–H and O–H groups in total. The maximum absolute atomic E-state index is 12.9. The predicted molar refractivity (Wildman–Crippen MR) is 135 cm³/mol. The monoisotopic (exact) mass is 440 g/mol. The summed E-state index contributed by atoms with van der Waals surface area (Å²) in [7, 11) is 0. The molecule has 4 aromatic carbocycles. The Hall–Kier alpha value is -4.70. The van der Waals surface area contributed by atoms with Gasteiger partial charge in [0.25, 0.3) is 5.91 Å². The lowest BCUT2D eigenvalue weighted by molar-refractivity contribution is 0.101. The van der Waals surface area contributed by atoms with E-state index in [0.717, 1.165) is 33.4 Å². The highest BCUT2D eigenvalue weighted by molar-refractivity contribution is 6.30. The molecule has 0 atom stereocenters. The maximum Gasteiger partial charge on any atom is 0.280 e. The summed E-state index contributed by atoms with van der Waals surface area (Å²) >= 11 is 0. The number of hydrogen-bond donors (Lipinski definition) is 2. The molecular weight excluding hydrogens is 420 g/mol. The van der Waals surface area contributed by atoms with Gasteiger partial charge in [0.05, 0.1) is 22.5 Å². The number of benzene rings is 4. The van der Waals surface area contributed by atoms with Gasteiger partial charge in [-0.2, -0.15) is 0 Å². The van der Waals surface area contributed by atoms with E-state index in [4.69, 9.17) is 0 Å². The molecule has 2 heterocycles. The van der Waals surface area contributed by atoms with Gasteiger partial charge in [-0.1, -0.05) is 109 Å². The molecule has 34 heavy (non-hydrogen) atoms. The lowest BCUT2D eigenvalue weighted by Gasteiger charge is -2.05. The van der Waals surface area contributed by atoms with Crippen molar-refractivity contribution in [2.24, 2.45) is 4.99 Å². The highest BCUT2D eigenvalue weighted by atomic mass is 16.3. The van der Waals surface area contributed by atoms with Crippen LogP contribution < -0.4 is 0 Å². The van der Waals surface area contributed by atoms with Crippen molar-refractivity contribution in [3.63, 3.8) is 0 Å². The minimum Gasteiger partial charge on any atom is -0.494 e. The molecule has 0 saturated carbocycles. The van der Waals surface area contributed by atoms with Crippen molar-refractivity contribution in [3.8, 4) is 39.4 Å². The number of rotatable bonds is 4. The van der Waals surface area contributed by atoms with Crippen LogP contribution in [0, 0.1) is 0 Å². The highest BCUT2D eigenvalue weighted by Crippen LogP contribution is 2.38. The smallest absolute Gasteiger partial charge is 0.280 e. The average Bonchev–Trinajstić information content (AvgIpc) is 3.43. The number of nitrogens with one attached hydrogen (secondary N) is 1. The van der Waals surface area contributed by atoms with Crippen molar-refractivity contribution in [3.05, 3.63) is 126 Å². The minimum atomic E-state index is -0.351. The zero-order valence-electron chi connectivity index (χ0n) is 18.2. The van der Waals surface area contributed by atoms with Crippen LogP contribution in [0.15, 0.2) is 114 Å². The third kappa shape index (κ3) is 3.33. The van der Waals surface area contributed by atoms with Gasteiger partial charge < -0.3 is 10.1 Å². The zero-order chi connectivity index (χ0) is 23.1. The molecule has 6 rings (SSSR count). The quantitative estimate of drug-likeness (QED) is 0.326. The second-order valence-electron chi connectivity index (χ2n) is 8.25. The third-order valence-electron chi connectivity index (χ3n) is 6.19. The summed E-state index contributed by atoms with van der Waals surface area (Å²) in [6.45, 7) is 0. The molecule has 162 valence electrons. The van der Waals surface area contributed by atoms with Gasteiger partial charge in [0, 0.05) is 5.56 Å². The van der Waals surface area contributed by atoms with E-state index in [1.807, 2.05) is 84.9 Å². The van der Waals surface area contributed by atoms with Crippen molar-refractivity contribution in [1.82, 2.24) is 4.98 Å². The van der Waals surface area contributed by atoms with Crippen LogP contribution >= 0.6 is 0 Å². The first-order valence-electron chi connectivity index (χ1n) is 11.1. The molecule has 4 heteroatoms. The Morgan fingerprint density at radius 2 is 0.971 bits per heavy atom. The van der Waals surface area contributed by atoms with Gasteiger partial charge in [0.2, 0.25) is 0 Å². The molecule has 1 aliphatic rings. The largest absolute Gasteiger partial charge is 0.494 e. The molecule has 4 nitrogen and oxygen atoms in total. The summed E-state index contributed by atoms with van der Waals surface area (Å²) in [6, 6.07) is 36.0. The van der Waals surface area contributed by atoms with E-state index in [1.54, 1.807) is 0 Å². The second kappa shape index (κ2) is 8.01. The predicted octanol–water partition coefficient (Wildman–Crippen LogP) is 6.71. The van der Waals surface area contributed by atoms with Crippen LogP contribution in [0.25, 0.3) is 33.5 Å². The Bertz CT molecular complexity index is 1530. The molecule has 0 bridgehead atoms. The summed E-state index contributed by atoms with van der Waals surface area (Å²) in [5, 5.41) is 10.7. The van der Waals surface area contributed by atoms with Crippen molar-refractivity contribution in [2.45, 2.75) is 0 Å². The lowest BCUT2D eigenvalue weighted by atomic mass is 9.97. The highest BCUT2D eigenvalue weighted by Gasteiger charge is 2.33. The number of aromatic nitrogens is 1. The van der Waals surface area contributed by atoms with Crippen molar-refractivity contribution in [2.75, 3.05) is 0 Å². The van der Waals surface area contributed by atoms with Crippen LogP contribution in [0.3, 0.4) is 0 Å². The fourth-order valence-corrected chi connectivity index (χ4v) is 4.48. The summed E-state index contributed by atoms with van der Waals surface area (Å²) in [5.41, 5.74) is 7.93. The van der Waals surface area contributed by atoms with Gasteiger partial charge in [-0.3, -0.25) is 4.79 Å². The topological polar surface area (TPSA) is 65.4 Å². The summed E-state index contributed by atoms with van der Waals surface area (Å²) < 4.78 is 0.